The number of benzene rings is 2. The maximum atomic E-state index is 12.8. The highest BCUT2D eigenvalue weighted by Gasteiger charge is 2.20. The molecule has 0 aliphatic rings. The Morgan fingerprint density at radius 1 is 1.12 bits per heavy atom. The number of hydrogen-bond acceptors (Lipinski definition) is 3. The zero-order valence-electron chi connectivity index (χ0n) is 14.5. The van der Waals surface area contributed by atoms with E-state index in [-0.39, 0.29) is 5.69 Å². The highest BCUT2D eigenvalue weighted by atomic mass is 35.5. The second kappa shape index (κ2) is 7.54. The predicted molar refractivity (Wildman–Crippen MR) is 102 cm³/mol. The van der Waals surface area contributed by atoms with Gasteiger partial charge >= 0.3 is 0 Å². The zero-order valence-corrected chi connectivity index (χ0v) is 15.3. The number of halogens is 1. The van der Waals surface area contributed by atoms with Crippen LogP contribution in [0.2, 0.25) is 5.02 Å². The molecule has 0 unspecified atom stereocenters. The first-order valence-electron chi connectivity index (χ1n) is 8.12. The molecule has 0 spiro atoms. The summed E-state index contributed by atoms with van der Waals surface area (Å²) in [6, 6.07) is 18.1. The van der Waals surface area contributed by atoms with Gasteiger partial charge in [0, 0.05) is 30.4 Å². The molecule has 1 heterocycles. The summed E-state index contributed by atoms with van der Waals surface area (Å²) in [5.74, 6) is -0.445. The largest absolute Gasteiger partial charge is 0.336 e. The average Bonchev–Trinajstić information content (AvgIpc) is 2.64. The summed E-state index contributed by atoms with van der Waals surface area (Å²) < 4.78 is 1.60. The minimum Gasteiger partial charge on any atom is -0.336 e. The lowest BCUT2D eigenvalue weighted by Crippen LogP contribution is -2.33. The van der Waals surface area contributed by atoms with Gasteiger partial charge in [0.05, 0.1) is 5.69 Å². The Kier molecular flexibility index (Phi) is 5.19. The number of aryl methyl sites for hydroxylation is 1. The Bertz CT molecular complexity index is 999. The number of carbonyl (C=O) groups is 1. The van der Waals surface area contributed by atoms with Crippen molar-refractivity contribution in [2.24, 2.45) is 0 Å². The Morgan fingerprint density at radius 3 is 2.46 bits per heavy atom. The van der Waals surface area contributed by atoms with Crippen molar-refractivity contribution in [2.75, 3.05) is 7.05 Å². The molecule has 0 fully saturated rings. The molecule has 0 atom stereocenters. The number of para-hydroxylation sites is 1. The molecule has 132 valence electrons. The summed E-state index contributed by atoms with van der Waals surface area (Å²) in [5.41, 5.74) is 1.74. The molecule has 0 bridgehead atoms. The maximum absolute atomic E-state index is 12.8. The van der Waals surface area contributed by atoms with Gasteiger partial charge in [-0.1, -0.05) is 48.0 Å². The van der Waals surface area contributed by atoms with Crippen LogP contribution in [0.5, 0.6) is 0 Å². The second-order valence-corrected chi connectivity index (χ2v) is 6.41. The Morgan fingerprint density at radius 2 is 1.77 bits per heavy atom. The summed E-state index contributed by atoms with van der Waals surface area (Å²) in [4.78, 5) is 26.6. The van der Waals surface area contributed by atoms with Crippen molar-refractivity contribution in [2.45, 2.75) is 13.5 Å². The minimum absolute atomic E-state index is 0.117. The normalized spacial score (nSPS) is 10.6. The quantitative estimate of drug-likeness (QED) is 0.709. The molecule has 1 amide bonds. The lowest BCUT2D eigenvalue weighted by Gasteiger charge is -2.18. The Hall–Kier alpha value is -2.92. The van der Waals surface area contributed by atoms with Crippen molar-refractivity contribution in [1.82, 2.24) is 14.7 Å². The molecule has 3 aromatic rings. The molecule has 0 aliphatic heterocycles. The van der Waals surface area contributed by atoms with Gasteiger partial charge in [0.2, 0.25) is 5.43 Å². The highest BCUT2D eigenvalue weighted by molar-refractivity contribution is 6.31. The number of aromatic nitrogens is 2. The van der Waals surface area contributed by atoms with E-state index in [4.69, 9.17) is 11.6 Å². The first-order valence-corrected chi connectivity index (χ1v) is 8.50. The van der Waals surface area contributed by atoms with Gasteiger partial charge in [0.25, 0.3) is 5.91 Å². The van der Waals surface area contributed by atoms with Crippen LogP contribution in [0.25, 0.3) is 5.69 Å². The van der Waals surface area contributed by atoms with E-state index in [1.165, 1.54) is 11.0 Å². The van der Waals surface area contributed by atoms with E-state index in [0.717, 1.165) is 11.3 Å². The van der Waals surface area contributed by atoms with Crippen LogP contribution >= 0.6 is 11.6 Å². The number of hydrogen-bond donors (Lipinski definition) is 0. The van der Waals surface area contributed by atoms with Crippen LogP contribution in [-0.2, 0) is 6.54 Å². The van der Waals surface area contributed by atoms with Gasteiger partial charge in [0.15, 0.2) is 5.69 Å². The zero-order chi connectivity index (χ0) is 18.7. The fraction of sp³-hybridized carbons (Fsp3) is 0.150. The third kappa shape index (κ3) is 3.68. The predicted octanol–water partition coefficient (Wildman–Crippen LogP) is 3.47. The first kappa shape index (κ1) is 17.9. The van der Waals surface area contributed by atoms with Crippen molar-refractivity contribution in [3.63, 3.8) is 0 Å². The van der Waals surface area contributed by atoms with Gasteiger partial charge in [-0.25, -0.2) is 4.68 Å². The van der Waals surface area contributed by atoms with Crippen LogP contribution < -0.4 is 5.43 Å². The van der Waals surface area contributed by atoms with Crippen molar-refractivity contribution >= 4 is 17.5 Å². The average molecular weight is 368 g/mol. The van der Waals surface area contributed by atoms with E-state index in [1.54, 1.807) is 24.7 Å². The van der Waals surface area contributed by atoms with Crippen molar-refractivity contribution in [3.8, 4) is 5.69 Å². The number of carbonyl (C=O) groups excluding carboxylic acids is 1. The van der Waals surface area contributed by atoms with Gasteiger partial charge in [-0.05, 0) is 30.7 Å². The minimum atomic E-state index is -0.445. The van der Waals surface area contributed by atoms with Crippen molar-refractivity contribution < 1.29 is 4.79 Å². The fourth-order valence-electron chi connectivity index (χ4n) is 2.66. The summed E-state index contributed by atoms with van der Waals surface area (Å²) in [6.45, 7) is 2.07. The van der Waals surface area contributed by atoms with Gasteiger partial charge in [-0.15, -0.1) is 0 Å². The number of amides is 1. The van der Waals surface area contributed by atoms with Gasteiger partial charge in [-0.3, -0.25) is 9.59 Å². The smallest absolute Gasteiger partial charge is 0.278 e. The molecule has 5 nitrogen and oxygen atoms in total. The van der Waals surface area contributed by atoms with Crippen LogP contribution in [0.1, 0.15) is 21.7 Å². The highest BCUT2D eigenvalue weighted by Crippen LogP contribution is 2.17. The SMILES string of the molecule is Cc1cc(=O)c(C(=O)N(C)Cc2ccccc2Cl)nn1-c1ccccc1. The van der Waals surface area contributed by atoms with Gasteiger partial charge in [0.1, 0.15) is 0 Å². The Balaban J connectivity index is 1.94. The van der Waals surface area contributed by atoms with Crippen molar-refractivity contribution in [3.05, 3.63) is 92.9 Å². The van der Waals surface area contributed by atoms with Gasteiger partial charge < -0.3 is 4.90 Å². The first-order chi connectivity index (χ1) is 12.5. The fourth-order valence-corrected chi connectivity index (χ4v) is 2.86. The second-order valence-electron chi connectivity index (χ2n) is 6.00. The third-order valence-electron chi connectivity index (χ3n) is 4.02. The molecule has 26 heavy (non-hydrogen) atoms. The maximum Gasteiger partial charge on any atom is 0.278 e. The summed E-state index contributed by atoms with van der Waals surface area (Å²) in [5, 5.41) is 4.88. The molecule has 0 aliphatic carbocycles. The van der Waals surface area contributed by atoms with E-state index in [1.807, 2.05) is 48.5 Å². The monoisotopic (exact) mass is 367 g/mol. The molecule has 0 saturated heterocycles. The van der Waals surface area contributed by atoms with Crippen LogP contribution in [0.3, 0.4) is 0 Å². The van der Waals surface area contributed by atoms with Crippen molar-refractivity contribution in [1.29, 1.82) is 0 Å². The van der Waals surface area contributed by atoms with Crippen LogP contribution in [-0.4, -0.2) is 27.6 Å². The topological polar surface area (TPSA) is 55.2 Å². The summed E-state index contributed by atoms with van der Waals surface area (Å²) in [7, 11) is 1.62. The molecular weight excluding hydrogens is 350 g/mol. The molecule has 2 aromatic carbocycles. The van der Waals surface area contributed by atoms with Gasteiger partial charge in [-0.2, -0.15) is 5.10 Å². The molecule has 3 rings (SSSR count). The number of nitrogens with zero attached hydrogens (tertiary/aromatic N) is 3. The van der Waals surface area contributed by atoms with E-state index in [9.17, 15) is 9.59 Å². The molecule has 1 aromatic heterocycles. The lowest BCUT2D eigenvalue weighted by atomic mass is 10.2. The third-order valence-corrected chi connectivity index (χ3v) is 4.39. The molecule has 0 saturated carbocycles. The summed E-state index contributed by atoms with van der Waals surface area (Å²) >= 11 is 6.16. The number of rotatable bonds is 4. The van der Waals surface area contributed by atoms with Crippen LogP contribution in [0.15, 0.2) is 65.5 Å². The molecule has 6 heteroatoms. The lowest BCUT2D eigenvalue weighted by molar-refractivity contribution is 0.0776. The summed E-state index contributed by atoms with van der Waals surface area (Å²) in [6.07, 6.45) is 0. The molecule has 0 N–H and O–H groups in total. The van der Waals surface area contributed by atoms with Crippen LogP contribution in [0.4, 0.5) is 0 Å². The van der Waals surface area contributed by atoms with E-state index in [0.29, 0.717) is 17.3 Å². The van der Waals surface area contributed by atoms with E-state index in [2.05, 4.69) is 5.10 Å². The molecular formula is C20H18ClN3O2. The molecule has 0 radical (unpaired) electrons. The van der Waals surface area contributed by atoms with E-state index < -0.39 is 11.3 Å². The standard InChI is InChI=1S/C20H18ClN3O2/c1-14-12-18(25)19(22-24(14)16-9-4-3-5-10-16)20(26)23(2)13-15-8-6-7-11-17(15)21/h3-12H,13H2,1-2H3. The van der Waals surface area contributed by atoms with Crippen LogP contribution in [0, 0.1) is 6.92 Å². The Labute approximate surface area is 156 Å². The van der Waals surface area contributed by atoms with E-state index >= 15 is 0 Å².